The Labute approximate surface area is 155 Å². The lowest BCUT2D eigenvalue weighted by Gasteiger charge is -2.11. The molecule has 0 saturated heterocycles. The minimum Gasteiger partial charge on any atom is -0.478 e. The third-order valence-corrected chi connectivity index (χ3v) is 4.42. The number of hydrogen-bond acceptors (Lipinski definition) is 2. The van der Waals surface area contributed by atoms with Crippen LogP contribution in [0.4, 0.5) is 10.1 Å². The molecule has 0 aliphatic carbocycles. The molecule has 26 heavy (non-hydrogen) atoms. The quantitative estimate of drug-likeness (QED) is 0.630. The minimum atomic E-state index is -1.07. The van der Waals surface area contributed by atoms with E-state index in [-0.39, 0.29) is 22.1 Å². The van der Waals surface area contributed by atoms with Crippen molar-refractivity contribution in [1.82, 2.24) is 4.57 Å². The number of aromatic nitrogens is 1. The van der Waals surface area contributed by atoms with Gasteiger partial charge in [0.05, 0.1) is 16.3 Å². The average Bonchev–Trinajstić information content (AvgIpc) is 2.87. The van der Waals surface area contributed by atoms with Gasteiger partial charge in [-0.1, -0.05) is 23.7 Å². The number of aromatic carboxylic acids is 1. The predicted molar refractivity (Wildman–Crippen MR) is 101 cm³/mol. The fourth-order valence-electron chi connectivity index (χ4n) is 2.83. The van der Waals surface area contributed by atoms with E-state index >= 15 is 0 Å². The normalized spacial score (nSPS) is 11.2. The van der Waals surface area contributed by atoms with Gasteiger partial charge in [0.15, 0.2) is 0 Å². The highest BCUT2D eigenvalue weighted by atomic mass is 35.5. The number of halogens is 2. The van der Waals surface area contributed by atoms with Crippen molar-refractivity contribution in [2.24, 2.45) is 4.99 Å². The molecule has 4 nitrogen and oxygen atoms in total. The number of para-hydroxylation sites is 1. The Balaban J connectivity index is 2.00. The van der Waals surface area contributed by atoms with Crippen LogP contribution in [0, 0.1) is 19.7 Å². The first kappa shape index (κ1) is 17.9. The van der Waals surface area contributed by atoms with Crippen LogP contribution in [-0.2, 0) is 0 Å². The van der Waals surface area contributed by atoms with Gasteiger partial charge in [0.2, 0.25) is 0 Å². The maximum Gasteiger partial charge on any atom is 0.337 e. The molecule has 132 valence electrons. The van der Waals surface area contributed by atoms with Crippen molar-refractivity contribution >= 4 is 29.5 Å². The van der Waals surface area contributed by atoms with Crippen molar-refractivity contribution in [3.8, 4) is 5.69 Å². The molecule has 3 aromatic rings. The van der Waals surface area contributed by atoms with Gasteiger partial charge >= 0.3 is 5.97 Å². The molecule has 1 aromatic heterocycles. The molecule has 1 heterocycles. The van der Waals surface area contributed by atoms with Crippen LogP contribution < -0.4 is 0 Å². The van der Waals surface area contributed by atoms with E-state index in [1.807, 2.05) is 24.5 Å². The van der Waals surface area contributed by atoms with Crippen molar-refractivity contribution in [2.45, 2.75) is 13.8 Å². The highest BCUT2D eigenvalue weighted by Crippen LogP contribution is 2.25. The second kappa shape index (κ2) is 7.14. The molecule has 0 aliphatic rings. The van der Waals surface area contributed by atoms with Crippen molar-refractivity contribution < 1.29 is 14.3 Å². The molecule has 1 N–H and O–H groups in total. The van der Waals surface area contributed by atoms with Crippen molar-refractivity contribution in [2.75, 3.05) is 0 Å². The maximum absolute atomic E-state index is 13.7. The van der Waals surface area contributed by atoms with Gasteiger partial charge in [-0.05, 0) is 50.2 Å². The summed E-state index contributed by atoms with van der Waals surface area (Å²) in [4.78, 5) is 15.3. The molecule has 0 fully saturated rings. The van der Waals surface area contributed by atoms with E-state index in [4.69, 9.17) is 16.7 Å². The Kier molecular flexibility index (Phi) is 4.91. The number of carbonyl (C=O) groups is 1. The molecule has 0 radical (unpaired) electrons. The first-order chi connectivity index (χ1) is 12.4. The largest absolute Gasteiger partial charge is 0.478 e. The van der Waals surface area contributed by atoms with Crippen LogP contribution in [0.25, 0.3) is 5.69 Å². The minimum absolute atomic E-state index is 0.0548. The van der Waals surface area contributed by atoms with Gasteiger partial charge < -0.3 is 9.67 Å². The van der Waals surface area contributed by atoms with Crippen LogP contribution >= 0.6 is 11.6 Å². The highest BCUT2D eigenvalue weighted by Gasteiger charge is 2.13. The zero-order valence-electron chi connectivity index (χ0n) is 14.2. The fourth-order valence-corrected chi connectivity index (χ4v) is 3.08. The average molecular weight is 371 g/mol. The Morgan fingerprint density at radius 1 is 1.19 bits per heavy atom. The van der Waals surface area contributed by atoms with Crippen molar-refractivity contribution in [3.05, 3.63) is 81.9 Å². The molecule has 2 aromatic carbocycles. The SMILES string of the molecule is Cc1cc(C=Nc2ccccc2F)c(C)n1-c1ccc(C(=O)O)c(Cl)c1. The maximum atomic E-state index is 13.7. The topological polar surface area (TPSA) is 54.6 Å². The Bertz CT molecular complexity index is 1020. The predicted octanol–water partition coefficient (Wildman–Crippen LogP) is 5.34. The zero-order chi connectivity index (χ0) is 18.8. The van der Waals surface area contributed by atoms with Crippen LogP contribution in [0.1, 0.15) is 27.3 Å². The van der Waals surface area contributed by atoms with Crippen LogP contribution in [0.3, 0.4) is 0 Å². The first-order valence-electron chi connectivity index (χ1n) is 7.89. The lowest BCUT2D eigenvalue weighted by molar-refractivity contribution is 0.0697. The molecule has 0 amide bonds. The molecular formula is C20H16ClFN2O2. The second-order valence-corrected chi connectivity index (χ2v) is 6.25. The standard InChI is InChI=1S/C20H16ClFN2O2/c1-12-9-14(11-23-19-6-4-3-5-18(19)22)13(2)24(12)15-7-8-16(20(25)26)17(21)10-15/h3-11H,1-2H3,(H,25,26). The fraction of sp³-hybridized carbons (Fsp3) is 0.100. The molecule has 0 aliphatic heterocycles. The molecular weight excluding hydrogens is 355 g/mol. The summed E-state index contributed by atoms with van der Waals surface area (Å²) in [7, 11) is 0. The number of rotatable bonds is 4. The summed E-state index contributed by atoms with van der Waals surface area (Å²) < 4.78 is 15.7. The van der Waals surface area contributed by atoms with Crippen molar-refractivity contribution in [3.63, 3.8) is 0 Å². The van der Waals surface area contributed by atoms with E-state index in [1.165, 1.54) is 12.1 Å². The van der Waals surface area contributed by atoms with E-state index in [2.05, 4.69) is 4.99 Å². The Hall–Kier alpha value is -2.92. The summed E-state index contributed by atoms with van der Waals surface area (Å²) in [5, 5.41) is 9.27. The van der Waals surface area contributed by atoms with E-state index in [0.717, 1.165) is 22.6 Å². The molecule has 0 unspecified atom stereocenters. The molecule has 3 rings (SSSR count). The summed E-state index contributed by atoms with van der Waals surface area (Å²) in [6.07, 6.45) is 1.62. The molecule has 0 bridgehead atoms. The van der Waals surface area contributed by atoms with Gasteiger partial charge in [-0.2, -0.15) is 0 Å². The van der Waals surface area contributed by atoms with Crippen LogP contribution in [-0.4, -0.2) is 21.9 Å². The summed E-state index contributed by atoms with van der Waals surface area (Å²) in [6.45, 7) is 3.83. The van der Waals surface area contributed by atoms with Gasteiger partial charge in [-0.3, -0.25) is 4.99 Å². The Morgan fingerprint density at radius 2 is 1.92 bits per heavy atom. The first-order valence-corrected chi connectivity index (χ1v) is 8.27. The van der Waals surface area contributed by atoms with Crippen molar-refractivity contribution in [1.29, 1.82) is 0 Å². The summed E-state index contributed by atoms with van der Waals surface area (Å²) in [6, 6.07) is 13.0. The van der Waals surface area contributed by atoms with Gasteiger partial charge in [0.25, 0.3) is 0 Å². The van der Waals surface area contributed by atoms with Gasteiger partial charge in [-0.15, -0.1) is 0 Å². The summed E-state index contributed by atoms with van der Waals surface area (Å²) in [5.74, 6) is -1.45. The van der Waals surface area contributed by atoms with Crippen LogP contribution in [0.5, 0.6) is 0 Å². The van der Waals surface area contributed by atoms with Crippen LogP contribution in [0.15, 0.2) is 53.5 Å². The molecule has 0 spiro atoms. The summed E-state index contributed by atoms with van der Waals surface area (Å²) in [5.41, 5.74) is 3.73. The number of benzene rings is 2. The monoisotopic (exact) mass is 370 g/mol. The van der Waals surface area contributed by atoms with Gasteiger partial charge in [-0.25, -0.2) is 9.18 Å². The number of aliphatic imine (C=N–C) groups is 1. The third kappa shape index (κ3) is 3.39. The number of carboxylic acids is 1. The van der Waals surface area contributed by atoms with E-state index in [0.29, 0.717) is 0 Å². The number of nitrogens with zero attached hydrogens (tertiary/aromatic N) is 2. The van der Waals surface area contributed by atoms with Gasteiger partial charge in [0.1, 0.15) is 5.82 Å². The number of carboxylic acid groups (broad SMARTS) is 1. The van der Waals surface area contributed by atoms with E-state index in [1.54, 1.807) is 36.5 Å². The molecule has 6 heteroatoms. The summed E-state index contributed by atoms with van der Waals surface area (Å²) >= 11 is 6.08. The lowest BCUT2D eigenvalue weighted by Crippen LogP contribution is -2.02. The second-order valence-electron chi connectivity index (χ2n) is 5.84. The lowest BCUT2D eigenvalue weighted by atomic mass is 10.2. The number of hydrogen-bond donors (Lipinski definition) is 1. The highest BCUT2D eigenvalue weighted by molar-refractivity contribution is 6.33. The Morgan fingerprint density at radius 3 is 2.58 bits per heavy atom. The number of aryl methyl sites for hydroxylation is 1. The van der Waals surface area contributed by atoms with E-state index < -0.39 is 5.97 Å². The molecule has 0 saturated carbocycles. The zero-order valence-corrected chi connectivity index (χ0v) is 15.0. The molecule has 0 atom stereocenters. The van der Waals surface area contributed by atoms with E-state index in [9.17, 15) is 9.18 Å². The van der Waals surface area contributed by atoms with Gasteiger partial charge in [0, 0.05) is 28.9 Å². The smallest absolute Gasteiger partial charge is 0.337 e. The van der Waals surface area contributed by atoms with Crippen LogP contribution in [0.2, 0.25) is 5.02 Å². The third-order valence-electron chi connectivity index (χ3n) is 4.11.